The monoisotopic (exact) mass is 556 g/mol. The molecule has 2 aromatic heterocycles. The number of rotatable bonds is 9. The van der Waals surface area contributed by atoms with Crippen LogP contribution < -0.4 is 16.3 Å². The molecular formula is C30H28N4O7. The molecule has 0 fully saturated rings. The molecule has 0 aliphatic heterocycles. The molecule has 5 aromatic rings. The Morgan fingerprint density at radius 3 is 2.54 bits per heavy atom. The number of benzene rings is 3. The number of aromatic nitrogens is 2. The van der Waals surface area contributed by atoms with Crippen molar-refractivity contribution in [1.82, 2.24) is 9.55 Å². The SMILES string of the molecule is CCOc1nc2cccc(C(=O)OCc3oc(=O)oc3C)c2n1Cc1ccc(-c2ccc(C)cc2C(N)=NO)cc1. The predicted molar refractivity (Wildman–Crippen MR) is 150 cm³/mol. The number of carbonyl (C=O) groups excluding carboxylic acids is 1. The van der Waals surface area contributed by atoms with Crippen LogP contribution in [0.4, 0.5) is 0 Å². The second-order valence-electron chi connectivity index (χ2n) is 9.33. The maximum atomic E-state index is 13.2. The molecule has 0 amide bonds. The number of nitrogens with zero attached hydrogens (tertiary/aromatic N) is 3. The molecule has 0 atom stereocenters. The zero-order valence-electron chi connectivity index (χ0n) is 22.7. The van der Waals surface area contributed by atoms with Crippen molar-refractivity contribution >= 4 is 22.8 Å². The van der Waals surface area contributed by atoms with Gasteiger partial charge < -0.3 is 29.2 Å². The summed E-state index contributed by atoms with van der Waals surface area (Å²) in [5, 5.41) is 12.4. The Kier molecular flexibility index (Phi) is 7.59. The van der Waals surface area contributed by atoms with Gasteiger partial charge in [-0.05, 0) is 55.7 Å². The standard InChI is InChI=1S/C30H28N4O7/c1-4-38-29-32-24-7-5-6-22(28(35)39-16-25-18(3)40-30(36)41-25)26(24)34(29)15-19-9-11-20(12-10-19)21-13-8-17(2)14-23(21)27(31)33-37/h5-14,37H,4,15-16H2,1-3H3,(H2,31,33). The highest BCUT2D eigenvalue weighted by Crippen LogP contribution is 2.29. The first-order chi connectivity index (χ1) is 19.8. The van der Waals surface area contributed by atoms with Crippen molar-refractivity contribution < 1.29 is 28.3 Å². The molecule has 0 bridgehead atoms. The maximum absolute atomic E-state index is 13.2. The lowest BCUT2D eigenvalue weighted by atomic mass is 9.96. The van der Waals surface area contributed by atoms with Gasteiger partial charge in [-0.3, -0.25) is 4.57 Å². The first-order valence-corrected chi connectivity index (χ1v) is 12.9. The van der Waals surface area contributed by atoms with Crippen LogP contribution in [0.1, 0.15) is 45.5 Å². The van der Waals surface area contributed by atoms with Crippen LogP contribution in [0.3, 0.4) is 0 Å². The summed E-state index contributed by atoms with van der Waals surface area (Å²) < 4.78 is 22.9. The number of ether oxygens (including phenoxy) is 2. The van der Waals surface area contributed by atoms with E-state index in [1.54, 1.807) is 25.1 Å². The number of hydrogen-bond acceptors (Lipinski definition) is 9. The number of hydrogen-bond donors (Lipinski definition) is 2. The highest BCUT2D eigenvalue weighted by Gasteiger charge is 2.21. The number of aryl methyl sites for hydroxylation is 2. The van der Waals surface area contributed by atoms with Gasteiger partial charge in [0.15, 0.2) is 24.0 Å². The van der Waals surface area contributed by atoms with Crippen LogP contribution in [-0.2, 0) is 17.9 Å². The van der Waals surface area contributed by atoms with Gasteiger partial charge in [0.1, 0.15) is 0 Å². The Hall–Kier alpha value is -5.32. The van der Waals surface area contributed by atoms with Gasteiger partial charge in [-0.2, -0.15) is 4.98 Å². The highest BCUT2D eigenvalue weighted by molar-refractivity contribution is 6.03. The fourth-order valence-corrected chi connectivity index (χ4v) is 4.58. The molecule has 11 nitrogen and oxygen atoms in total. The molecule has 11 heteroatoms. The number of fused-ring (bicyclic) bond motifs is 1. The van der Waals surface area contributed by atoms with E-state index in [9.17, 15) is 14.8 Å². The molecule has 3 N–H and O–H groups in total. The average molecular weight is 557 g/mol. The molecule has 0 radical (unpaired) electrons. The van der Waals surface area contributed by atoms with Crippen LogP contribution >= 0.6 is 0 Å². The summed E-state index contributed by atoms with van der Waals surface area (Å²) >= 11 is 0. The molecule has 2 heterocycles. The van der Waals surface area contributed by atoms with Gasteiger partial charge in [-0.25, -0.2) is 9.59 Å². The topological polar surface area (TPSA) is 155 Å². The lowest BCUT2D eigenvalue weighted by molar-refractivity contribution is 0.0444. The summed E-state index contributed by atoms with van der Waals surface area (Å²) in [7, 11) is 0. The Labute approximate surface area is 234 Å². The Morgan fingerprint density at radius 1 is 1.07 bits per heavy atom. The molecule has 0 aliphatic carbocycles. The van der Waals surface area contributed by atoms with E-state index in [0.717, 1.165) is 22.3 Å². The molecule has 0 unspecified atom stereocenters. The number of amidine groups is 1. The molecule has 210 valence electrons. The van der Waals surface area contributed by atoms with E-state index >= 15 is 0 Å². The van der Waals surface area contributed by atoms with Gasteiger partial charge >= 0.3 is 11.8 Å². The molecule has 41 heavy (non-hydrogen) atoms. The minimum Gasteiger partial charge on any atom is -0.465 e. The lowest BCUT2D eigenvalue weighted by Crippen LogP contribution is -2.14. The van der Waals surface area contributed by atoms with E-state index < -0.39 is 11.8 Å². The van der Waals surface area contributed by atoms with Crippen molar-refractivity contribution in [3.8, 4) is 17.1 Å². The fraction of sp³-hybridized carbons (Fsp3) is 0.200. The first kappa shape index (κ1) is 27.3. The van der Waals surface area contributed by atoms with Gasteiger partial charge in [-0.1, -0.05) is 53.2 Å². The third kappa shape index (κ3) is 5.55. The van der Waals surface area contributed by atoms with Crippen molar-refractivity contribution in [1.29, 1.82) is 0 Å². The summed E-state index contributed by atoms with van der Waals surface area (Å²) in [6, 6.07) is 19.1. The molecule has 3 aromatic carbocycles. The number of imidazole rings is 1. The second-order valence-corrected chi connectivity index (χ2v) is 9.33. The Balaban J connectivity index is 1.48. The third-order valence-corrected chi connectivity index (χ3v) is 6.56. The summed E-state index contributed by atoms with van der Waals surface area (Å²) in [6.07, 6.45) is 0. The number of carbonyl (C=O) groups is 1. The van der Waals surface area contributed by atoms with E-state index in [0.29, 0.717) is 35.8 Å². The van der Waals surface area contributed by atoms with Crippen molar-refractivity contribution in [2.24, 2.45) is 10.9 Å². The van der Waals surface area contributed by atoms with E-state index in [4.69, 9.17) is 24.0 Å². The molecule has 0 spiro atoms. The highest BCUT2D eigenvalue weighted by atomic mass is 16.6. The van der Waals surface area contributed by atoms with Crippen molar-refractivity contribution in [2.45, 2.75) is 33.9 Å². The van der Waals surface area contributed by atoms with Crippen LogP contribution in [0, 0.1) is 13.8 Å². The summed E-state index contributed by atoms with van der Waals surface area (Å²) in [5.41, 5.74) is 11.6. The van der Waals surface area contributed by atoms with Gasteiger partial charge in [-0.15, -0.1) is 0 Å². The van der Waals surface area contributed by atoms with Crippen LogP contribution in [0.15, 0.2) is 79.4 Å². The lowest BCUT2D eigenvalue weighted by Gasteiger charge is -2.13. The summed E-state index contributed by atoms with van der Waals surface area (Å²) in [5.74, 6) is -1.05. The van der Waals surface area contributed by atoms with Crippen LogP contribution in [0.2, 0.25) is 0 Å². The van der Waals surface area contributed by atoms with Gasteiger partial charge in [0.05, 0.1) is 29.7 Å². The van der Waals surface area contributed by atoms with Crippen LogP contribution in [0.5, 0.6) is 6.01 Å². The number of esters is 1. The smallest absolute Gasteiger partial charge is 0.465 e. The van der Waals surface area contributed by atoms with Crippen molar-refractivity contribution in [2.75, 3.05) is 6.61 Å². The van der Waals surface area contributed by atoms with Crippen molar-refractivity contribution in [3.63, 3.8) is 0 Å². The second kappa shape index (κ2) is 11.4. The van der Waals surface area contributed by atoms with E-state index in [1.807, 2.05) is 60.9 Å². The van der Waals surface area contributed by atoms with E-state index in [2.05, 4.69) is 10.1 Å². The largest absolute Gasteiger partial charge is 0.519 e. The molecule has 0 saturated heterocycles. The average Bonchev–Trinajstić information content (AvgIpc) is 3.49. The Bertz CT molecular complexity index is 1810. The van der Waals surface area contributed by atoms with Crippen LogP contribution in [0.25, 0.3) is 22.2 Å². The third-order valence-electron chi connectivity index (χ3n) is 6.56. The molecule has 0 saturated carbocycles. The normalized spacial score (nSPS) is 11.6. The van der Waals surface area contributed by atoms with Gasteiger partial charge in [0, 0.05) is 5.56 Å². The van der Waals surface area contributed by atoms with E-state index in [1.165, 1.54) is 0 Å². The fourth-order valence-electron chi connectivity index (χ4n) is 4.58. The minimum absolute atomic E-state index is 0.0310. The van der Waals surface area contributed by atoms with Gasteiger partial charge in [0.25, 0.3) is 6.01 Å². The van der Waals surface area contributed by atoms with Crippen molar-refractivity contribution in [3.05, 3.63) is 105 Å². The van der Waals surface area contributed by atoms with E-state index in [-0.39, 0.29) is 29.5 Å². The Morgan fingerprint density at radius 2 is 1.85 bits per heavy atom. The minimum atomic E-state index is -0.857. The zero-order chi connectivity index (χ0) is 29.1. The van der Waals surface area contributed by atoms with Crippen LogP contribution in [-0.4, -0.2) is 33.2 Å². The summed E-state index contributed by atoms with van der Waals surface area (Å²) in [6.45, 7) is 5.82. The molecular weight excluding hydrogens is 528 g/mol. The van der Waals surface area contributed by atoms with Gasteiger partial charge in [0.2, 0.25) is 0 Å². The molecule has 0 aliphatic rings. The first-order valence-electron chi connectivity index (χ1n) is 12.9. The molecule has 5 rings (SSSR count). The predicted octanol–water partition coefficient (Wildman–Crippen LogP) is 4.76. The number of nitrogens with two attached hydrogens (primary N) is 1. The maximum Gasteiger partial charge on any atom is 0.519 e. The number of oxime groups is 1. The quantitative estimate of drug-likeness (QED) is 0.0859. The summed E-state index contributed by atoms with van der Waals surface area (Å²) in [4.78, 5) is 29.1. The zero-order valence-corrected chi connectivity index (χ0v) is 22.7. The number of para-hydroxylation sites is 1.